The van der Waals surface area contributed by atoms with Crippen molar-refractivity contribution in [1.82, 2.24) is 0 Å². The third-order valence-corrected chi connectivity index (χ3v) is 16.4. The Balaban J connectivity index is 1.11. The van der Waals surface area contributed by atoms with E-state index in [1.807, 2.05) is 5.57 Å². The fraction of sp³-hybridized carbons (Fsp3) is 0.935. The van der Waals surface area contributed by atoms with Crippen LogP contribution in [0, 0.1) is 50.2 Å². The lowest BCUT2D eigenvalue weighted by atomic mass is 9.34. The lowest BCUT2D eigenvalue weighted by Crippen LogP contribution is -2.63. The molecule has 2 nitrogen and oxygen atoms in total. The van der Waals surface area contributed by atoms with E-state index >= 15 is 0 Å². The number of hydrogen-bond donors (Lipinski definition) is 0. The van der Waals surface area contributed by atoms with Crippen LogP contribution in [-0.4, -0.2) is 12.1 Å². The quantitative estimate of drug-likeness (QED) is 0.0989. The van der Waals surface area contributed by atoms with Crippen molar-refractivity contribution in [2.45, 2.75) is 223 Å². The highest BCUT2D eigenvalue weighted by Crippen LogP contribution is 2.75. The van der Waals surface area contributed by atoms with Crippen molar-refractivity contribution >= 4 is 5.97 Å². The molecule has 0 heterocycles. The fourth-order valence-corrected chi connectivity index (χ4v) is 13.5. The molecule has 0 unspecified atom stereocenters. The average molecular weight is 665 g/mol. The summed E-state index contributed by atoms with van der Waals surface area (Å²) in [5, 5.41) is 0. The second kappa shape index (κ2) is 15.1. The number of fused-ring (bicyclic) bond motifs is 7. The van der Waals surface area contributed by atoms with Crippen LogP contribution in [0.5, 0.6) is 0 Å². The minimum atomic E-state index is 0.0354. The molecule has 0 aromatic rings. The highest BCUT2D eigenvalue weighted by atomic mass is 16.5. The van der Waals surface area contributed by atoms with Crippen molar-refractivity contribution in [3.05, 3.63) is 11.6 Å². The zero-order chi connectivity index (χ0) is 34.8. The van der Waals surface area contributed by atoms with Gasteiger partial charge in [-0.2, -0.15) is 0 Å². The molecule has 48 heavy (non-hydrogen) atoms. The van der Waals surface area contributed by atoms with Gasteiger partial charge in [0.05, 0.1) is 0 Å². The minimum absolute atomic E-state index is 0.0354. The Morgan fingerprint density at radius 1 is 0.646 bits per heavy atom. The standard InChI is InChI=1S/C46H80O2/c1-10-11-12-13-14-15-16-17-18-19-20-21-22-23-40(47)48-39-27-31-44(7)35(42(39,4)5)25-29-45(8)36-24-28-43(6)33-32-41(2,3)34-38(43)46(36,9)30-26-37(44)45/h24,35,37-39H,10-23,25-34H2,1-9H3/t35-,37+,38+,39-,43-,44-,45-,46+/m0/s1. The third kappa shape index (κ3) is 7.55. The van der Waals surface area contributed by atoms with Crippen LogP contribution < -0.4 is 0 Å². The van der Waals surface area contributed by atoms with Gasteiger partial charge in [-0.05, 0) is 115 Å². The summed E-state index contributed by atoms with van der Waals surface area (Å²) in [6.07, 6.45) is 34.0. The zero-order valence-electron chi connectivity index (χ0n) is 33.7. The van der Waals surface area contributed by atoms with Crippen LogP contribution in [0.2, 0.25) is 0 Å². The number of ether oxygens (including phenoxy) is 1. The first-order valence-electron chi connectivity index (χ1n) is 21.5. The number of carbonyl (C=O) groups is 1. The minimum Gasteiger partial charge on any atom is -0.462 e. The summed E-state index contributed by atoms with van der Waals surface area (Å²) in [5.41, 5.74) is 3.86. The summed E-state index contributed by atoms with van der Waals surface area (Å²) in [4.78, 5) is 13.2. The highest BCUT2D eigenvalue weighted by molar-refractivity contribution is 5.69. The Morgan fingerprint density at radius 2 is 1.19 bits per heavy atom. The van der Waals surface area contributed by atoms with Crippen LogP contribution in [0.1, 0.15) is 216 Å². The van der Waals surface area contributed by atoms with E-state index in [0.717, 1.165) is 24.7 Å². The SMILES string of the molecule is CCCCCCCCCCCCCCCC(=O)O[C@H]1CC[C@]2(C)[C@H]3CC[C@]4(C)C(=CC[C@@]5(C)CCC(C)(C)C[C@H]54)[C@]3(C)CC[C@H]2C1(C)C. The summed E-state index contributed by atoms with van der Waals surface area (Å²) in [6.45, 7) is 23.0. The van der Waals surface area contributed by atoms with Gasteiger partial charge >= 0.3 is 5.97 Å². The normalized spacial score (nSPS) is 39.7. The van der Waals surface area contributed by atoms with Gasteiger partial charge in [0.15, 0.2) is 0 Å². The van der Waals surface area contributed by atoms with Gasteiger partial charge in [0.1, 0.15) is 6.10 Å². The highest BCUT2D eigenvalue weighted by Gasteiger charge is 2.67. The largest absolute Gasteiger partial charge is 0.462 e. The maximum absolute atomic E-state index is 13.2. The summed E-state index contributed by atoms with van der Waals surface area (Å²) in [5.74, 6) is 2.25. The molecule has 0 N–H and O–H groups in total. The fourth-order valence-electron chi connectivity index (χ4n) is 13.5. The molecule has 0 amide bonds. The monoisotopic (exact) mass is 665 g/mol. The number of hydrogen-bond acceptors (Lipinski definition) is 2. The molecule has 0 aromatic heterocycles. The maximum atomic E-state index is 13.2. The predicted molar refractivity (Wildman–Crippen MR) is 205 cm³/mol. The molecule has 0 saturated heterocycles. The average Bonchev–Trinajstić information content (AvgIpc) is 3.01. The molecule has 0 aliphatic heterocycles. The Labute approximate surface area is 299 Å². The van der Waals surface area contributed by atoms with Crippen LogP contribution in [-0.2, 0) is 9.53 Å². The van der Waals surface area contributed by atoms with Crippen LogP contribution >= 0.6 is 0 Å². The molecule has 5 aliphatic rings. The third-order valence-electron chi connectivity index (χ3n) is 16.4. The maximum Gasteiger partial charge on any atom is 0.306 e. The van der Waals surface area contributed by atoms with Crippen molar-refractivity contribution in [1.29, 1.82) is 0 Å². The summed E-state index contributed by atoms with van der Waals surface area (Å²) >= 11 is 0. The van der Waals surface area contributed by atoms with E-state index in [1.165, 1.54) is 135 Å². The number of allylic oxidation sites excluding steroid dienone is 2. The van der Waals surface area contributed by atoms with Gasteiger partial charge in [-0.3, -0.25) is 4.79 Å². The Kier molecular flexibility index (Phi) is 12.1. The van der Waals surface area contributed by atoms with Crippen molar-refractivity contribution in [2.24, 2.45) is 50.2 Å². The summed E-state index contributed by atoms with van der Waals surface area (Å²) in [7, 11) is 0. The molecule has 0 spiro atoms. The lowest BCUT2D eigenvalue weighted by Gasteiger charge is -2.70. The van der Waals surface area contributed by atoms with Gasteiger partial charge in [0, 0.05) is 11.8 Å². The topological polar surface area (TPSA) is 26.3 Å². The molecule has 4 fully saturated rings. The molecule has 276 valence electrons. The second-order valence-corrected chi connectivity index (χ2v) is 20.8. The van der Waals surface area contributed by atoms with Gasteiger partial charge in [-0.1, -0.05) is 151 Å². The van der Waals surface area contributed by atoms with E-state index in [1.54, 1.807) is 0 Å². The summed E-state index contributed by atoms with van der Waals surface area (Å²) < 4.78 is 6.41. The first-order valence-corrected chi connectivity index (χ1v) is 21.5. The van der Waals surface area contributed by atoms with E-state index < -0.39 is 0 Å². The van der Waals surface area contributed by atoms with Crippen molar-refractivity contribution in [3.8, 4) is 0 Å². The molecule has 0 bridgehead atoms. The van der Waals surface area contributed by atoms with Gasteiger partial charge in [0.2, 0.25) is 0 Å². The van der Waals surface area contributed by atoms with Gasteiger partial charge in [-0.15, -0.1) is 0 Å². The lowest BCUT2D eigenvalue weighted by molar-refractivity contribution is -0.200. The number of esters is 1. The van der Waals surface area contributed by atoms with E-state index in [2.05, 4.69) is 68.4 Å². The van der Waals surface area contributed by atoms with Crippen molar-refractivity contribution in [2.75, 3.05) is 0 Å². The molecule has 0 aromatic carbocycles. The predicted octanol–water partition coefficient (Wildman–Crippen LogP) is 14.2. The van der Waals surface area contributed by atoms with Crippen LogP contribution in [0.15, 0.2) is 11.6 Å². The Hall–Kier alpha value is -0.790. The number of rotatable bonds is 15. The van der Waals surface area contributed by atoms with E-state index in [0.29, 0.717) is 39.4 Å². The molecular weight excluding hydrogens is 585 g/mol. The second-order valence-electron chi connectivity index (χ2n) is 20.8. The van der Waals surface area contributed by atoms with Gasteiger partial charge < -0.3 is 4.74 Å². The zero-order valence-corrected chi connectivity index (χ0v) is 33.7. The Bertz CT molecular complexity index is 1120. The molecular formula is C46H80O2. The van der Waals surface area contributed by atoms with E-state index in [9.17, 15) is 4.79 Å². The first-order chi connectivity index (χ1) is 22.6. The van der Waals surface area contributed by atoms with Crippen LogP contribution in [0.3, 0.4) is 0 Å². The molecule has 8 atom stereocenters. The van der Waals surface area contributed by atoms with E-state index in [-0.39, 0.29) is 17.5 Å². The molecule has 0 radical (unpaired) electrons. The van der Waals surface area contributed by atoms with Crippen molar-refractivity contribution < 1.29 is 9.53 Å². The van der Waals surface area contributed by atoms with Gasteiger partial charge in [0.25, 0.3) is 0 Å². The number of carbonyl (C=O) groups excluding carboxylic acids is 1. The molecule has 5 aliphatic carbocycles. The van der Waals surface area contributed by atoms with Crippen molar-refractivity contribution in [3.63, 3.8) is 0 Å². The van der Waals surface area contributed by atoms with Crippen LogP contribution in [0.25, 0.3) is 0 Å². The molecule has 5 rings (SSSR count). The first kappa shape index (κ1) is 38.4. The number of unbranched alkanes of at least 4 members (excludes halogenated alkanes) is 12. The van der Waals surface area contributed by atoms with Gasteiger partial charge in [-0.25, -0.2) is 0 Å². The smallest absolute Gasteiger partial charge is 0.306 e. The van der Waals surface area contributed by atoms with E-state index in [4.69, 9.17) is 4.74 Å². The Morgan fingerprint density at radius 3 is 1.79 bits per heavy atom. The molecule has 4 saturated carbocycles. The molecule has 2 heteroatoms. The van der Waals surface area contributed by atoms with Crippen LogP contribution in [0.4, 0.5) is 0 Å². The summed E-state index contributed by atoms with van der Waals surface area (Å²) in [6, 6.07) is 0.